The van der Waals surface area contributed by atoms with E-state index in [1.807, 2.05) is 65.4 Å². The van der Waals surface area contributed by atoms with E-state index in [-0.39, 0.29) is 0 Å². The monoisotopic (exact) mass is 338 g/mol. The van der Waals surface area contributed by atoms with Crippen LogP contribution in [-0.4, -0.2) is 19.5 Å². The van der Waals surface area contributed by atoms with Crippen molar-refractivity contribution >= 4 is 11.6 Å². The number of aromatic nitrogens is 4. The summed E-state index contributed by atoms with van der Waals surface area (Å²) in [6, 6.07) is 19.6. The number of nitrogens with one attached hydrogen (secondary N) is 1. The highest BCUT2D eigenvalue weighted by molar-refractivity contribution is 5.68. The highest BCUT2D eigenvalue weighted by Gasteiger charge is 2.09. The molecule has 0 aliphatic carbocycles. The fraction of sp³-hybridized carbons (Fsp3) is 0. The van der Waals surface area contributed by atoms with Gasteiger partial charge >= 0.3 is 0 Å². The number of nitriles is 1. The Morgan fingerprint density at radius 1 is 1.00 bits per heavy atom. The first-order valence-electron chi connectivity index (χ1n) is 8.01. The molecule has 0 saturated carbocycles. The third-order valence-corrected chi connectivity index (χ3v) is 3.88. The minimum atomic E-state index is 0.442. The maximum Gasteiger partial charge on any atom is 0.227 e. The quantitative estimate of drug-likeness (QED) is 0.609. The van der Waals surface area contributed by atoms with E-state index in [4.69, 9.17) is 0 Å². The first-order chi connectivity index (χ1) is 12.8. The minimum Gasteiger partial charge on any atom is -0.324 e. The van der Waals surface area contributed by atoms with Gasteiger partial charge in [-0.2, -0.15) is 5.26 Å². The molecule has 0 spiro atoms. The van der Waals surface area contributed by atoms with Gasteiger partial charge in [0.2, 0.25) is 5.95 Å². The average molecular weight is 338 g/mol. The lowest BCUT2D eigenvalue weighted by molar-refractivity contribution is 1.06. The molecule has 0 fully saturated rings. The highest BCUT2D eigenvalue weighted by atomic mass is 15.1. The van der Waals surface area contributed by atoms with Gasteiger partial charge in [-0.1, -0.05) is 30.3 Å². The summed E-state index contributed by atoms with van der Waals surface area (Å²) >= 11 is 0. The first kappa shape index (κ1) is 15.5. The van der Waals surface area contributed by atoms with E-state index in [2.05, 4.69) is 26.3 Å². The van der Waals surface area contributed by atoms with Crippen LogP contribution in [-0.2, 0) is 0 Å². The summed E-state index contributed by atoms with van der Waals surface area (Å²) in [5.74, 6) is 0.443. The van der Waals surface area contributed by atoms with Crippen LogP contribution in [0.1, 0.15) is 5.56 Å². The average Bonchev–Trinajstić information content (AvgIpc) is 3.24. The van der Waals surface area contributed by atoms with Gasteiger partial charge in [0.05, 0.1) is 23.8 Å². The topological polar surface area (TPSA) is 79.4 Å². The molecule has 0 radical (unpaired) electrons. The van der Waals surface area contributed by atoms with Gasteiger partial charge in [0, 0.05) is 29.3 Å². The number of anilines is 2. The highest BCUT2D eigenvalue weighted by Crippen LogP contribution is 2.23. The number of nitrogens with zero attached hydrogens (tertiary/aromatic N) is 5. The van der Waals surface area contributed by atoms with Crippen molar-refractivity contribution in [3.8, 4) is 23.0 Å². The molecule has 0 bridgehead atoms. The van der Waals surface area contributed by atoms with Crippen LogP contribution in [0.15, 0.2) is 79.5 Å². The van der Waals surface area contributed by atoms with Gasteiger partial charge in [0.1, 0.15) is 6.07 Å². The van der Waals surface area contributed by atoms with Gasteiger partial charge in [-0.15, -0.1) is 0 Å². The lowest BCUT2D eigenvalue weighted by atomic mass is 10.1. The Kier molecular flexibility index (Phi) is 4.11. The third-order valence-electron chi connectivity index (χ3n) is 3.88. The van der Waals surface area contributed by atoms with Gasteiger partial charge < -0.3 is 9.88 Å². The summed E-state index contributed by atoms with van der Waals surface area (Å²) in [5, 5.41) is 12.5. The molecule has 1 N–H and O–H groups in total. The van der Waals surface area contributed by atoms with Gasteiger partial charge in [-0.3, -0.25) is 0 Å². The predicted molar refractivity (Wildman–Crippen MR) is 99.0 cm³/mol. The van der Waals surface area contributed by atoms with Crippen molar-refractivity contribution in [2.24, 2.45) is 0 Å². The molecule has 0 aliphatic heterocycles. The smallest absolute Gasteiger partial charge is 0.227 e. The van der Waals surface area contributed by atoms with Crippen LogP contribution in [0.3, 0.4) is 0 Å². The summed E-state index contributed by atoms with van der Waals surface area (Å²) in [6.45, 7) is 0. The number of benzene rings is 2. The van der Waals surface area contributed by atoms with Crippen molar-refractivity contribution in [2.45, 2.75) is 0 Å². The van der Waals surface area contributed by atoms with Crippen LogP contribution >= 0.6 is 0 Å². The lowest BCUT2D eigenvalue weighted by Crippen LogP contribution is -2.00. The van der Waals surface area contributed by atoms with Crippen molar-refractivity contribution in [1.82, 2.24) is 19.5 Å². The molecule has 2 aromatic carbocycles. The van der Waals surface area contributed by atoms with E-state index in [1.54, 1.807) is 12.5 Å². The van der Waals surface area contributed by atoms with Gasteiger partial charge in [0.15, 0.2) is 0 Å². The maximum absolute atomic E-state index is 9.32. The molecule has 124 valence electrons. The fourth-order valence-electron chi connectivity index (χ4n) is 2.60. The van der Waals surface area contributed by atoms with Gasteiger partial charge in [-0.25, -0.2) is 15.0 Å². The summed E-state index contributed by atoms with van der Waals surface area (Å²) in [5.41, 5.74) is 3.80. The zero-order chi connectivity index (χ0) is 17.8. The summed E-state index contributed by atoms with van der Waals surface area (Å²) in [7, 11) is 0. The molecule has 2 heterocycles. The second kappa shape index (κ2) is 6.87. The van der Waals surface area contributed by atoms with Crippen molar-refractivity contribution in [1.29, 1.82) is 5.26 Å². The molecule has 4 aromatic rings. The molecular weight excluding hydrogens is 324 g/mol. The summed E-state index contributed by atoms with van der Waals surface area (Å²) in [4.78, 5) is 12.8. The fourth-order valence-corrected chi connectivity index (χ4v) is 2.60. The first-order valence-corrected chi connectivity index (χ1v) is 8.01. The largest absolute Gasteiger partial charge is 0.324 e. The third kappa shape index (κ3) is 3.14. The number of rotatable bonds is 4. The Labute approximate surface area is 150 Å². The SMILES string of the molecule is N#Cc1cnc(Nc2ccc(-n3ccnc3)cc2)nc1-c1ccccc1. The number of hydrogen-bond acceptors (Lipinski definition) is 5. The van der Waals surface area contributed by atoms with Crippen LogP contribution in [0.5, 0.6) is 0 Å². The van der Waals surface area contributed by atoms with E-state index >= 15 is 0 Å². The van der Waals surface area contributed by atoms with E-state index in [0.717, 1.165) is 16.9 Å². The van der Waals surface area contributed by atoms with Crippen molar-refractivity contribution in [3.05, 3.63) is 85.1 Å². The number of hydrogen-bond donors (Lipinski definition) is 1. The van der Waals surface area contributed by atoms with E-state index < -0.39 is 0 Å². The van der Waals surface area contributed by atoms with Crippen molar-refractivity contribution in [2.75, 3.05) is 5.32 Å². The Hall–Kier alpha value is -3.98. The zero-order valence-electron chi connectivity index (χ0n) is 13.7. The minimum absolute atomic E-state index is 0.442. The Morgan fingerprint density at radius 3 is 2.50 bits per heavy atom. The molecule has 0 atom stereocenters. The molecule has 6 nitrogen and oxygen atoms in total. The van der Waals surface area contributed by atoms with Crippen LogP contribution in [0.2, 0.25) is 0 Å². The molecule has 2 aromatic heterocycles. The van der Waals surface area contributed by atoms with Crippen LogP contribution < -0.4 is 5.32 Å². The number of imidazole rings is 1. The molecule has 6 heteroatoms. The second-order valence-electron chi connectivity index (χ2n) is 5.58. The standard InChI is InChI=1S/C20H14N6/c21-12-16-13-23-20(25-19(16)15-4-2-1-3-5-15)24-17-6-8-18(9-7-17)26-11-10-22-14-26/h1-11,13-14H,(H,23,24,25). The zero-order valence-corrected chi connectivity index (χ0v) is 13.7. The van der Waals surface area contributed by atoms with Crippen LogP contribution in [0.4, 0.5) is 11.6 Å². The van der Waals surface area contributed by atoms with E-state index in [9.17, 15) is 5.26 Å². The van der Waals surface area contributed by atoms with Crippen LogP contribution in [0.25, 0.3) is 16.9 Å². The molecular formula is C20H14N6. The normalized spacial score (nSPS) is 10.3. The molecule has 0 saturated heterocycles. The molecule has 0 unspecified atom stereocenters. The summed E-state index contributed by atoms with van der Waals surface area (Å²) < 4.78 is 1.93. The van der Waals surface area contributed by atoms with Crippen molar-refractivity contribution in [3.63, 3.8) is 0 Å². The van der Waals surface area contributed by atoms with Crippen molar-refractivity contribution < 1.29 is 0 Å². The molecule has 4 rings (SSSR count). The van der Waals surface area contributed by atoms with Crippen LogP contribution in [0, 0.1) is 11.3 Å². The Balaban J connectivity index is 1.62. The lowest BCUT2D eigenvalue weighted by Gasteiger charge is -2.09. The van der Waals surface area contributed by atoms with E-state index in [1.165, 1.54) is 6.20 Å². The predicted octanol–water partition coefficient (Wildman–Crippen LogP) is 3.94. The summed E-state index contributed by atoms with van der Waals surface area (Å²) in [6.07, 6.45) is 6.91. The molecule has 26 heavy (non-hydrogen) atoms. The second-order valence-corrected chi connectivity index (χ2v) is 5.58. The molecule has 0 amide bonds. The maximum atomic E-state index is 9.32. The van der Waals surface area contributed by atoms with Gasteiger partial charge in [-0.05, 0) is 24.3 Å². The Morgan fingerprint density at radius 2 is 1.81 bits per heavy atom. The van der Waals surface area contributed by atoms with Gasteiger partial charge in [0.25, 0.3) is 0 Å². The molecule has 0 aliphatic rings. The Bertz CT molecular complexity index is 1050. The van der Waals surface area contributed by atoms with E-state index in [0.29, 0.717) is 17.2 Å².